The van der Waals surface area contributed by atoms with Gasteiger partial charge in [-0.05, 0) is 13.0 Å². The number of aromatic nitrogens is 1. The van der Waals surface area contributed by atoms with Gasteiger partial charge in [-0.15, -0.1) is 0 Å². The van der Waals surface area contributed by atoms with Gasteiger partial charge in [-0.2, -0.15) is 0 Å². The predicted octanol–water partition coefficient (Wildman–Crippen LogP) is 1.31. The van der Waals surface area contributed by atoms with Crippen LogP contribution in [0, 0.1) is 0 Å². The Morgan fingerprint density at radius 3 is 2.69 bits per heavy atom. The summed E-state index contributed by atoms with van der Waals surface area (Å²) in [5.74, 6) is -0.407. The fourth-order valence-corrected chi connectivity index (χ4v) is 0.903. The van der Waals surface area contributed by atoms with Crippen LogP contribution >= 0.6 is 0 Å². The smallest absolute Gasteiger partial charge is 0.331 e. The first kappa shape index (κ1) is 9.51. The Hall–Kier alpha value is -1.58. The third-order valence-electron chi connectivity index (χ3n) is 1.56. The first-order valence-corrected chi connectivity index (χ1v) is 3.94. The quantitative estimate of drug-likeness (QED) is 0.391. The summed E-state index contributed by atoms with van der Waals surface area (Å²) >= 11 is 0. The molecule has 1 rings (SSSR count). The molecule has 0 aliphatic rings. The molecule has 0 atom stereocenters. The number of rotatable bonds is 2. The van der Waals surface area contributed by atoms with Crippen molar-refractivity contribution in [3.8, 4) is 0 Å². The number of aryl methyl sites for hydroxylation is 1. The number of hydrogen-bond donors (Lipinski definition) is 0. The highest BCUT2D eigenvalue weighted by atomic mass is 16.7. The second-order valence-electron chi connectivity index (χ2n) is 2.83. The lowest BCUT2D eigenvalue weighted by Crippen LogP contribution is -1.98. The third-order valence-corrected chi connectivity index (χ3v) is 1.56. The molecule has 0 spiro atoms. The molecule has 1 aromatic rings. The zero-order valence-electron chi connectivity index (χ0n) is 7.94. The number of oxime groups is 1. The van der Waals surface area contributed by atoms with E-state index in [1.54, 1.807) is 6.92 Å². The number of carbonyl (C=O) groups is 1. The average molecular weight is 180 g/mol. The second-order valence-corrected chi connectivity index (χ2v) is 2.83. The maximum atomic E-state index is 10.5. The molecule has 0 unspecified atom stereocenters. The Balaban J connectivity index is 2.72. The van der Waals surface area contributed by atoms with Crippen LogP contribution in [0.5, 0.6) is 0 Å². The monoisotopic (exact) mass is 180 g/mol. The molecule has 1 heterocycles. The minimum atomic E-state index is -0.407. The van der Waals surface area contributed by atoms with Crippen LogP contribution < -0.4 is 0 Å². The lowest BCUT2D eigenvalue weighted by Gasteiger charge is -1.94. The number of hydrogen-bond acceptors (Lipinski definition) is 3. The largest absolute Gasteiger partial charge is 0.357 e. The molecule has 0 N–H and O–H groups in total. The molecule has 13 heavy (non-hydrogen) atoms. The van der Waals surface area contributed by atoms with Gasteiger partial charge in [0, 0.05) is 31.9 Å². The lowest BCUT2D eigenvalue weighted by molar-refractivity contribution is -0.140. The van der Waals surface area contributed by atoms with Crippen LogP contribution in [0.15, 0.2) is 23.6 Å². The lowest BCUT2D eigenvalue weighted by atomic mass is 10.2. The summed E-state index contributed by atoms with van der Waals surface area (Å²) < 4.78 is 1.90. The summed E-state index contributed by atoms with van der Waals surface area (Å²) in [7, 11) is 1.92. The minimum Gasteiger partial charge on any atom is -0.357 e. The van der Waals surface area contributed by atoms with Gasteiger partial charge in [0.1, 0.15) is 0 Å². The van der Waals surface area contributed by atoms with Gasteiger partial charge in [0.2, 0.25) is 0 Å². The number of nitrogens with zero attached hydrogens (tertiary/aromatic N) is 2. The van der Waals surface area contributed by atoms with Crippen LogP contribution in [-0.4, -0.2) is 16.2 Å². The van der Waals surface area contributed by atoms with Crippen molar-refractivity contribution in [1.29, 1.82) is 0 Å². The highest BCUT2D eigenvalue weighted by Gasteiger charge is 1.99. The fourth-order valence-electron chi connectivity index (χ4n) is 0.903. The van der Waals surface area contributed by atoms with Gasteiger partial charge in [0.05, 0.1) is 5.71 Å². The van der Waals surface area contributed by atoms with Crippen molar-refractivity contribution in [2.24, 2.45) is 12.2 Å². The molecule has 4 nitrogen and oxygen atoms in total. The molecule has 4 heteroatoms. The van der Waals surface area contributed by atoms with Crippen molar-refractivity contribution in [3.63, 3.8) is 0 Å². The number of carbonyl (C=O) groups excluding carboxylic acids is 1. The Kier molecular flexibility index (Phi) is 2.84. The Morgan fingerprint density at radius 1 is 1.54 bits per heavy atom. The van der Waals surface area contributed by atoms with Gasteiger partial charge in [0.15, 0.2) is 0 Å². The minimum absolute atomic E-state index is 0.407. The molecule has 70 valence electrons. The van der Waals surface area contributed by atoms with Crippen LogP contribution in [0.4, 0.5) is 0 Å². The summed E-state index contributed by atoms with van der Waals surface area (Å²) in [5.41, 5.74) is 1.64. The molecule has 0 amide bonds. The Bertz CT molecular complexity index is 339. The van der Waals surface area contributed by atoms with E-state index in [-0.39, 0.29) is 0 Å². The van der Waals surface area contributed by atoms with Crippen LogP contribution in [0.2, 0.25) is 0 Å². The first-order chi connectivity index (χ1) is 6.09. The molecule has 0 aliphatic carbocycles. The van der Waals surface area contributed by atoms with E-state index in [4.69, 9.17) is 0 Å². The van der Waals surface area contributed by atoms with E-state index in [0.29, 0.717) is 5.71 Å². The normalized spacial score (nSPS) is 11.5. The third kappa shape index (κ3) is 2.74. The van der Waals surface area contributed by atoms with Crippen molar-refractivity contribution in [2.75, 3.05) is 0 Å². The topological polar surface area (TPSA) is 43.6 Å². The van der Waals surface area contributed by atoms with Crippen molar-refractivity contribution >= 4 is 11.7 Å². The van der Waals surface area contributed by atoms with E-state index in [2.05, 4.69) is 9.99 Å². The SMILES string of the molecule is CC(=O)ON=C(C)c1ccn(C)c1. The van der Waals surface area contributed by atoms with Crippen molar-refractivity contribution in [2.45, 2.75) is 13.8 Å². The van der Waals surface area contributed by atoms with E-state index in [9.17, 15) is 4.79 Å². The van der Waals surface area contributed by atoms with Crippen LogP contribution in [0.1, 0.15) is 19.4 Å². The van der Waals surface area contributed by atoms with Gasteiger partial charge in [-0.1, -0.05) is 5.16 Å². The van der Waals surface area contributed by atoms with Crippen molar-refractivity contribution in [3.05, 3.63) is 24.0 Å². The molecule has 0 saturated carbocycles. The highest BCUT2D eigenvalue weighted by molar-refractivity contribution is 5.98. The molecule has 1 aromatic heterocycles. The zero-order chi connectivity index (χ0) is 9.84. The summed E-state index contributed by atoms with van der Waals surface area (Å²) in [6.07, 6.45) is 3.81. The maximum Gasteiger partial charge on any atom is 0.331 e. The van der Waals surface area contributed by atoms with Gasteiger partial charge in [-0.3, -0.25) is 0 Å². The van der Waals surface area contributed by atoms with Crippen LogP contribution in [0.25, 0.3) is 0 Å². The summed E-state index contributed by atoms with van der Waals surface area (Å²) in [4.78, 5) is 15.0. The van der Waals surface area contributed by atoms with E-state index < -0.39 is 5.97 Å². The molecule has 0 bridgehead atoms. The molecule has 0 aromatic carbocycles. The fraction of sp³-hybridized carbons (Fsp3) is 0.333. The van der Waals surface area contributed by atoms with Crippen LogP contribution in [-0.2, 0) is 16.7 Å². The first-order valence-electron chi connectivity index (χ1n) is 3.94. The second kappa shape index (κ2) is 3.89. The summed E-state index contributed by atoms with van der Waals surface area (Å²) in [6.45, 7) is 3.11. The van der Waals surface area contributed by atoms with Gasteiger partial charge < -0.3 is 9.40 Å². The van der Waals surface area contributed by atoms with Gasteiger partial charge >= 0.3 is 5.97 Å². The standard InChI is InChI=1S/C9H12N2O2/c1-7(10-13-8(2)12)9-4-5-11(3)6-9/h4-6H,1-3H3. The maximum absolute atomic E-state index is 10.5. The van der Waals surface area contributed by atoms with E-state index in [1.165, 1.54) is 6.92 Å². The predicted molar refractivity (Wildman–Crippen MR) is 49.4 cm³/mol. The van der Waals surface area contributed by atoms with Crippen molar-refractivity contribution in [1.82, 2.24) is 4.57 Å². The summed E-state index contributed by atoms with van der Waals surface area (Å²) in [5, 5.41) is 3.66. The van der Waals surface area contributed by atoms with Crippen molar-refractivity contribution < 1.29 is 9.63 Å². The molecule has 0 saturated heterocycles. The molecular weight excluding hydrogens is 168 g/mol. The molecule has 0 aliphatic heterocycles. The van der Waals surface area contributed by atoms with E-state index in [1.807, 2.05) is 30.1 Å². The van der Waals surface area contributed by atoms with Gasteiger partial charge in [-0.25, -0.2) is 4.79 Å². The van der Waals surface area contributed by atoms with Gasteiger partial charge in [0.25, 0.3) is 0 Å². The Morgan fingerprint density at radius 2 is 2.23 bits per heavy atom. The molecular formula is C9H12N2O2. The van der Waals surface area contributed by atoms with E-state index in [0.717, 1.165) is 5.56 Å². The highest BCUT2D eigenvalue weighted by Crippen LogP contribution is 2.01. The Labute approximate surface area is 76.8 Å². The zero-order valence-corrected chi connectivity index (χ0v) is 7.94. The summed E-state index contributed by atoms with van der Waals surface area (Å²) in [6, 6.07) is 1.91. The average Bonchev–Trinajstić information content (AvgIpc) is 2.47. The van der Waals surface area contributed by atoms with E-state index >= 15 is 0 Å². The molecule has 0 radical (unpaired) electrons. The molecule has 0 fully saturated rings. The van der Waals surface area contributed by atoms with Crippen LogP contribution in [0.3, 0.4) is 0 Å².